The molecule has 1 N–H and O–H groups in total. The smallest absolute Gasteiger partial charge is 0.289 e. The first kappa shape index (κ1) is 17.8. The van der Waals surface area contributed by atoms with Gasteiger partial charge in [-0.3, -0.25) is 4.79 Å². The molecule has 25 heavy (non-hydrogen) atoms. The zero-order chi connectivity index (χ0) is 16.7. The topological polar surface area (TPSA) is 45.5 Å². The summed E-state index contributed by atoms with van der Waals surface area (Å²) in [5.74, 6) is 0.492. The van der Waals surface area contributed by atoms with Crippen molar-refractivity contribution < 1.29 is 9.21 Å². The zero-order valence-electron chi connectivity index (χ0n) is 14.5. The lowest BCUT2D eigenvalue weighted by atomic mass is 10.0. The van der Waals surface area contributed by atoms with E-state index in [1.807, 2.05) is 37.1 Å². The predicted molar refractivity (Wildman–Crippen MR) is 104 cm³/mol. The van der Waals surface area contributed by atoms with Crippen molar-refractivity contribution in [3.8, 4) is 0 Å². The normalized spacial score (nSPS) is 17.7. The highest BCUT2D eigenvalue weighted by Crippen LogP contribution is 2.32. The summed E-state index contributed by atoms with van der Waals surface area (Å²) in [7, 11) is 1.96. The molecule has 0 bridgehead atoms. The van der Waals surface area contributed by atoms with Gasteiger partial charge in [-0.1, -0.05) is 36.4 Å². The van der Waals surface area contributed by atoms with E-state index in [1.54, 1.807) is 0 Å². The van der Waals surface area contributed by atoms with Gasteiger partial charge in [-0.05, 0) is 32.2 Å². The van der Waals surface area contributed by atoms with Crippen LogP contribution in [0, 0.1) is 6.92 Å². The van der Waals surface area contributed by atoms with Crippen LogP contribution in [-0.2, 0) is 0 Å². The molecule has 0 spiro atoms. The van der Waals surface area contributed by atoms with Gasteiger partial charge in [0.1, 0.15) is 5.58 Å². The number of fused-ring (bicyclic) bond motifs is 3. The Morgan fingerprint density at radius 2 is 2.00 bits per heavy atom. The highest BCUT2D eigenvalue weighted by molar-refractivity contribution is 6.08. The second-order valence-corrected chi connectivity index (χ2v) is 6.60. The van der Waals surface area contributed by atoms with Gasteiger partial charge in [-0.2, -0.15) is 0 Å². The Balaban J connectivity index is 0.00000182. The summed E-state index contributed by atoms with van der Waals surface area (Å²) >= 11 is 0. The monoisotopic (exact) mass is 358 g/mol. The second kappa shape index (κ2) is 7.06. The van der Waals surface area contributed by atoms with Gasteiger partial charge in [0.05, 0.1) is 0 Å². The number of amides is 1. The maximum absolute atomic E-state index is 13.0. The van der Waals surface area contributed by atoms with E-state index in [0.29, 0.717) is 11.8 Å². The van der Waals surface area contributed by atoms with Crippen molar-refractivity contribution in [2.24, 2.45) is 0 Å². The Bertz CT molecular complexity index is 919. The van der Waals surface area contributed by atoms with Crippen molar-refractivity contribution in [1.82, 2.24) is 10.2 Å². The van der Waals surface area contributed by atoms with Crippen LogP contribution in [0.25, 0.3) is 21.7 Å². The lowest BCUT2D eigenvalue weighted by Gasteiger charge is -2.32. The van der Waals surface area contributed by atoms with Crippen LogP contribution in [0.2, 0.25) is 0 Å². The van der Waals surface area contributed by atoms with Gasteiger partial charge in [-0.15, -0.1) is 12.4 Å². The SMILES string of the molecule is CNC1CCCN(C(=O)c2oc3c(ccc4ccccc43)c2C)C1.Cl. The largest absolute Gasteiger partial charge is 0.450 e. The van der Waals surface area contributed by atoms with E-state index in [9.17, 15) is 4.79 Å². The molecule has 1 amide bonds. The number of rotatable bonds is 2. The molecular weight excluding hydrogens is 336 g/mol. The number of aryl methyl sites for hydroxylation is 1. The van der Waals surface area contributed by atoms with Crippen LogP contribution in [0.15, 0.2) is 40.8 Å². The molecule has 132 valence electrons. The summed E-state index contributed by atoms with van der Waals surface area (Å²) in [6.07, 6.45) is 2.14. The fourth-order valence-corrected chi connectivity index (χ4v) is 3.69. The molecule has 1 aliphatic rings. The molecule has 2 heterocycles. The molecule has 5 heteroatoms. The standard InChI is InChI=1S/C20H22N2O2.ClH/c1-13-16-10-9-14-6-3-4-8-17(14)19(16)24-18(13)20(23)22-11-5-7-15(12-22)21-2;/h3-4,6,8-10,15,21H,5,7,11-12H2,1-2H3;1H. The molecular formula is C20H23ClN2O2. The number of hydrogen-bond acceptors (Lipinski definition) is 3. The van der Waals surface area contributed by atoms with Crippen molar-refractivity contribution in [2.75, 3.05) is 20.1 Å². The summed E-state index contributed by atoms with van der Waals surface area (Å²) in [4.78, 5) is 14.9. The van der Waals surface area contributed by atoms with Crippen LogP contribution in [0.5, 0.6) is 0 Å². The van der Waals surface area contributed by atoms with Crippen LogP contribution in [0.1, 0.15) is 29.0 Å². The van der Waals surface area contributed by atoms with Gasteiger partial charge >= 0.3 is 0 Å². The van der Waals surface area contributed by atoms with Gasteiger partial charge < -0.3 is 14.6 Å². The number of benzene rings is 2. The first-order valence-corrected chi connectivity index (χ1v) is 8.56. The van der Waals surface area contributed by atoms with E-state index in [4.69, 9.17) is 4.42 Å². The van der Waals surface area contributed by atoms with Crippen LogP contribution in [0.3, 0.4) is 0 Å². The fraction of sp³-hybridized carbons (Fsp3) is 0.350. The predicted octanol–water partition coefficient (Wildman–Crippen LogP) is 4.14. The number of nitrogens with zero attached hydrogens (tertiary/aromatic N) is 1. The zero-order valence-corrected chi connectivity index (χ0v) is 15.4. The quantitative estimate of drug-likeness (QED) is 0.748. The van der Waals surface area contributed by atoms with E-state index in [-0.39, 0.29) is 18.3 Å². The third-order valence-corrected chi connectivity index (χ3v) is 5.14. The average Bonchev–Trinajstić information content (AvgIpc) is 2.98. The fourth-order valence-electron chi connectivity index (χ4n) is 3.69. The molecule has 1 atom stereocenters. The average molecular weight is 359 g/mol. The number of nitrogens with one attached hydrogen (secondary N) is 1. The lowest BCUT2D eigenvalue weighted by molar-refractivity contribution is 0.0667. The van der Waals surface area contributed by atoms with Gasteiger partial charge in [0, 0.05) is 35.5 Å². The highest BCUT2D eigenvalue weighted by Gasteiger charge is 2.28. The number of piperidine rings is 1. The van der Waals surface area contributed by atoms with Gasteiger partial charge in [-0.25, -0.2) is 0 Å². The molecule has 3 aromatic rings. The minimum Gasteiger partial charge on any atom is -0.450 e. The van der Waals surface area contributed by atoms with Crippen LogP contribution < -0.4 is 5.32 Å². The lowest BCUT2D eigenvalue weighted by Crippen LogP contribution is -2.47. The molecule has 4 rings (SSSR count). The van der Waals surface area contributed by atoms with Crippen LogP contribution in [0.4, 0.5) is 0 Å². The van der Waals surface area contributed by atoms with E-state index in [2.05, 4.69) is 23.5 Å². The van der Waals surface area contributed by atoms with E-state index in [0.717, 1.165) is 53.2 Å². The number of carbonyl (C=O) groups excluding carboxylic acids is 1. The third kappa shape index (κ3) is 3.00. The van der Waals surface area contributed by atoms with Crippen molar-refractivity contribution in [3.63, 3.8) is 0 Å². The molecule has 1 fully saturated rings. The summed E-state index contributed by atoms with van der Waals surface area (Å²) in [6, 6.07) is 12.6. The van der Waals surface area contributed by atoms with Crippen molar-refractivity contribution >= 4 is 40.1 Å². The van der Waals surface area contributed by atoms with Crippen LogP contribution in [-0.4, -0.2) is 37.0 Å². The minimum absolute atomic E-state index is 0. The van der Waals surface area contributed by atoms with Crippen molar-refractivity contribution in [3.05, 3.63) is 47.7 Å². The van der Waals surface area contributed by atoms with Gasteiger partial charge in [0.2, 0.25) is 0 Å². The van der Waals surface area contributed by atoms with E-state index >= 15 is 0 Å². The molecule has 1 aromatic heterocycles. The Morgan fingerprint density at radius 3 is 2.80 bits per heavy atom. The summed E-state index contributed by atoms with van der Waals surface area (Å²) < 4.78 is 6.08. The highest BCUT2D eigenvalue weighted by atomic mass is 35.5. The summed E-state index contributed by atoms with van der Waals surface area (Å²) in [5.41, 5.74) is 1.75. The van der Waals surface area contributed by atoms with E-state index < -0.39 is 0 Å². The second-order valence-electron chi connectivity index (χ2n) is 6.60. The molecule has 1 aliphatic heterocycles. The molecule has 2 aromatic carbocycles. The number of furan rings is 1. The summed E-state index contributed by atoms with van der Waals surface area (Å²) in [5, 5.41) is 6.50. The number of likely N-dealkylation sites (N-methyl/N-ethyl adjacent to an activating group) is 1. The molecule has 1 saturated heterocycles. The van der Waals surface area contributed by atoms with Crippen molar-refractivity contribution in [1.29, 1.82) is 0 Å². The molecule has 4 nitrogen and oxygen atoms in total. The Hall–Kier alpha value is -2.04. The maximum Gasteiger partial charge on any atom is 0.289 e. The number of likely N-dealkylation sites (tertiary alicyclic amines) is 1. The Labute approximate surface area is 153 Å². The van der Waals surface area contributed by atoms with Gasteiger partial charge in [0.15, 0.2) is 5.76 Å². The molecule has 0 aliphatic carbocycles. The number of carbonyl (C=O) groups is 1. The first-order chi connectivity index (χ1) is 11.7. The van der Waals surface area contributed by atoms with Gasteiger partial charge in [0.25, 0.3) is 5.91 Å². The number of halogens is 1. The maximum atomic E-state index is 13.0. The molecule has 0 saturated carbocycles. The Morgan fingerprint density at radius 1 is 1.20 bits per heavy atom. The molecule has 0 radical (unpaired) electrons. The van der Waals surface area contributed by atoms with Crippen molar-refractivity contribution in [2.45, 2.75) is 25.8 Å². The van der Waals surface area contributed by atoms with E-state index in [1.165, 1.54) is 0 Å². The summed E-state index contributed by atoms with van der Waals surface area (Å²) in [6.45, 7) is 3.52. The Kier molecular flexibility index (Phi) is 5.02. The number of hydrogen-bond donors (Lipinski definition) is 1. The van der Waals surface area contributed by atoms with Crippen LogP contribution >= 0.6 is 12.4 Å². The first-order valence-electron chi connectivity index (χ1n) is 8.56. The third-order valence-electron chi connectivity index (χ3n) is 5.14. The minimum atomic E-state index is 0. The molecule has 1 unspecified atom stereocenters.